The molecule has 5 aromatic rings. The van der Waals surface area contributed by atoms with Gasteiger partial charge < -0.3 is 9.84 Å². The van der Waals surface area contributed by atoms with E-state index in [-0.39, 0.29) is 11.3 Å². The van der Waals surface area contributed by atoms with Gasteiger partial charge in [-0.2, -0.15) is 5.10 Å². The second-order valence-corrected chi connectivity index (χ2v) is 8.89. The molecule has 0 atom stereocenters. The van der Waals surface area contributed by atoms with Crippen LogP contribution in [0.4, 0.5) is 0 Å². The summed E-state index contributed by atoms with van der Waals surface area (Å²) in [7, 11) is 0. The maximum Gasteiger partial charge on any atom is 0.275 e. The number of nitrogens with one attached hydrogen (secondary N) is 1. The highest BCUT2D eigenvalue weighted by atomic mass is 79.9. The fourth-order valence-corrected chi connectivity index (χ4v) is 4.44. The number of nitrogens with zero attached hydrogens (tertiary/aromatic N) is 1. The minimum absolute atomic E-state index is 0.0909. The second-order valence-electron chi connectivity index (χ2n) is 8.03. The standard InChI is InChI=1S/C29H21BrN2O3/c30-26-14-19(12-13-28(26)35-18-23-10-5-9-20-6-3-4-11-24(20)23)17-31-32-29(34)25-15-21-7-1-2-8-22(21)16-27(25)33/h1-17,33H,18H2,(H,32,34). The van der Waals surface area contributed by atoms with E-state index in [0.717, 1.165) is 26.4 Å². The van der Waals surface area contributed by atoms with E-state index >= 15 is 0 Å². The van der Waals surface area contributed by atoms with Crippen molar-refractivity contribution in [2.24, 2.45) is 5.10 Å². The normalized spacial score (nSPS) is 11.2. The van der Waals surface area contributed by atoms with E-state index in [0.29, 0.717) is 12.4 Å². The van der Waals surface area contributed by atoms with Crippen molar-refractivity contribution < 1.29 is 14.6 Å². The summed E-state index contributed by atoms with van der Waals surface area (Å²) in [4.78, 5) is 12.5. The molecule has 0 unspecified atom stereocenters. The highest BCUT2D eigenvalue weighted by molar-refractivity contribution is 9.10. The summed E-state index contributed by atoms with van der Waals surface area (Å²) in [6.07, 6.45) is 1.54. The van der Waals surface area contributed by atoms with E-state index in [4.69, 9.17) is 4.74 Å². The monoisotopic (exact) mass is 524 g/mol. The van der Waals surface area contributed by atoms with Crippen LogP contribution in [-0.2, 0) is 6.61 Å². The topological polar surface area (TPSA) is 70.9 Å². The van der Waals surface area contributed by atoms with Crippen molar-refractivity contribution >= 4 is 49.6 Å². The number of carbonyl (C=O) groups excluding carboxylic acids is 1. The Kier molecular flexibility index (Phi) is 6.46. The Morgan fingerprint density at radius 1 is 0.886 bits per heavy atom. The lowest BCUT2D eigenvalue weighted by molar-refractivity contribution is 0.0952. The van der Waals surface area contributed by atoms with Crippen LogP contribution in [0.1, 0.15) is 21.5 Å². The highest BCUT2D eigenvalue weighted by Crippen LogP contribution is 2.28. The minimum Gasteiger partial charge on any atom is -0.507 e. The number of carbonyl (C=O) groups is 1. The third-order valence-corrected chi connectivity index (χ3v) is 6.33. The van der Waals surface area contributed by atoms with Crippen LogP contribution in [0.15, 0.2) is 107 Å². The van der Waals surface area contributed by atoms with E-state index in [1.54, 1.807) is 12.1 Å². The van der Waals surface area contributed by atoms with E-state index in [9.17, 15) is 9.90 Å². The third-order valence-electron chi connectivity index (χ3n) is 5.71. The molecule has 0 fully saturated rings. The summed E-state index contributed by atoms with van der Waals surface area (Å²) in [5.41, 5.74) is 4.53. The molecule has 0 aliphatic rings. The number of hydrogen-bond donors (Lipinski definition) is 2. The zero-order valence-corrected chi connectivity index (χ0v) is 20.2. The van der Waals surface area contributed by atoms with Gasteiger partial charge in [-0.25, -0.2) is 5.43 Å². The molecule has 172 valence electrons. The third kappa shape index (κ3) is 5.03. The summed E-state index contributed by atoms with van der Waals surface area (Å²) in [5, 5.41) is 18.3. The van der Waals surface area contributed by atoms with Crippen LogP contribution in [0.5, 0.6) is 11.5 Å². The molecule has 0 radical (unpaired) electrons. The van der Waals surface area contributed by atoms with Crippen molar-refractivity contribution in [3.05, 3.63) is 118 Å². The molecule has 5 rings (SSSR count). The van der Waals surface area contributed by atoms with Gasteiger partial charge in [0.05, 0.1) is 16.3 Å². The lowest BCUT2D eigenvalue weighted by Gasteiger charge is -2.11. The summed E-state index contributed by atoms with van der Waals surface area (Å²) in [6, 6.07) is 30.7. The Bertz CT molecular complexity index is 1570. The van der Waals surface area contributed by atoms with Gasteiger partial charge in [0.1, 0.15) is 18.1 Å². The van der Waals surface area contributed by atoms with Crippen LogP contribution in [0.2, 0.25) is 0 Å². The van der Waals surface area contributed by atoms with Gasteiger partial charge in [-0.1, -0.05) is 66.7 Å². The summed E-state index contributed by atoms with van der Waals surface area (Å²) < 4.78 is 6.82. The molecule has 0 aliphatic carbocycles. The van der Waals surface area contributed by atoms with Crippen LogP contribution in [0.3, 0.4) is 0 Å². The molecule has 0 heterocycles. The highest BCUT2D eigenvalue weighted by Gasteiger charge is 2.12. The molecule has 0 aliphatic heterocycles. The quantitative estimate of drug-likeness (QED) is 0.189. The smallest absolute Gasteiger partial charge is 0.275 e. The summed E-state index contributed by atoms with van der Waals surface area (Å²) in [5.74, 6) is 0.130. The maximum absolute atomic E-state index is 12.5. The number of halogens is 1. The van der Waals surface area contributed by atoms with Crippen LogP contribution in [0, 0.1) is 0 Å². The number of rotatable bonds is 6. The largest absolute Gasteiger partial charge is 0.507 e. The van der Waals surface area contributed by atoms with Gasteiger partial charge in [0.15, 0.2) is 0 Å². The number of ether oxygens (including phenoxy) is 1. The number of phenols is 1. The number of amides is 1. The summed E-state index contributed by atoms with van der Waals surface area (Å²) in [6.45, 7) is 0.443. The number of fused-ring (bicyclic) bond motifs is 2. The first-order valence-corrected chi connectivity index (χ1v) is 11.8. The average molecular weight is 525 g/mol. The van der Waals surface area contributed by atoms with Crippen molar-refractivity contribution in [2.75, 3.05) is 0 Å². The average Bonchev–Trinajstić information content (AvgIpc) is 2.87. The first-order valence-electron chi connectivity index (χ1n) is 11.0. The Morgan fingerprint density at radius 3 is 2.40 bits per heavy atom. The number of benzene rings is 5. The fourth-order valence-electron chi connectivity index (χ4n) is 3.92. The molecule has 0 saturated heterocycles. The molecule has 0 aromatic heterocycles. The van der Waals surface area contributed by atoms with Crippen molar-refractivity contribution in [1.82, 2.24) is 5.43 Å². The number of hydrogen-bond acceptors (Lipinski definition) is 4. The molecule has 0 spiro atoms. The molecule has 35 heavy (non-hydrogen) atoms. The van der Waals surface area contributed by atoms with Crippen molar-refractivity contribution in [2.45, 2.75) is 6.61 Å². The Balaban J connectivity index is 1.24. The van der Waals surface area contributed by atoms with E-state index in [1.165, 1.54) is 17.0 Å². The molecule has 0 bridgehead atoms. The molecule has 1 amide bonds. The molecule has 0 saturated carbocycles. The van der Waals surface area contributed by atoms with Gasteiger partial charge in [0.2, 0.25) is 0 Å². The van der Waals surface area contributed by atoms with Crippen LogP contribution >= 0.6 is 15.9 Å². The lowest BCUT2D eigenvalue weighted by atomic mass is 10.1. The van der Waals surface area contributed by atoms with Gasteiger partial charge in [-0.05, 0) is 78.9 Å². The molecular formula is C29H21BrN2O3. The van der Waals surface area contributed by atoms with Gasteiger partial charge >= 0.3 is 0 Å². The van der Waals surface area contributed by atoms with Crippen LogP contribution in [0.25, 0.3) is 21.5 Å². The van der Waals surface area contributed by atoms with Gasteiger partial charge in [-0.15, -0.1) is 0 Å². The van der Waals surface area contributed by atoms with Gasteiger partial charge in [0.25, 0.3) is 5.91 Å². The van der Waals surface area contributed by atoms with Crippen LogP contribution < -0.4 is 10.2 Å². The zero-order valence-electron chi connectivity index (χ0n) is 18.6. The van der Waals surface area contributed by atoms with Crippen LogP contribution in [-0.4, -0.2) is 17.2 Å². The predicted molar refractivity (Wildman–Crippen MR) is 143 cm³/mol. The lowest BCUT2D eigenvalue weighted by Crippen LogP contribution is -2.17. The predicted octanol–water partition coefficient (Wildman–Crippen LogP) is 6.80. The Hall–Kier alpha value is -4.16. The van der Waals surface area contributed by atoms with E-state index in [1.807, 2.05) is 60.7 Å². The number of phenolic OH excluding ortho intramolecular Hbond substituents is 1. The first kappa shape index (κ1) is 22.6. The second kappa shape index (κ2) is 9.99. The van der Waals surface area contributed by atoms with Gasteiger partial charge in [0, 0.05) is 0 Å². The van der Waals surface area contributed by atoms with Crippen molar-refractivity contribution in [3.63, 3.8) is 0 Å². The molecular weight excluding hydrogens is 504 g/mol. The first-order chi connectivity index (χ1) is 17.1. The molecule has 5 nitrogen and oxygen atoms in total. The summed E-state index contributed by atoms with van der Waals surface area (Å²) >= 11 is 3.55. The molecule has 5 aromatic carbocycles. The SMILES string of the molecule is O=C(NN=Cc1ccc(OCc2cccc3ccccc23)c(Br)c1)c1cc2ccccc2cc1O. The Morgan fingerprint density at radius 2 is 1.60 bits per heavy atom. The number of aromatic hydroxyl groups is 1. The maximum atomic E-state index is 12.5. The molecule has 2 N–H and O–H groups in total. The minimum atomic E-state index is -0.487. The van der Waals surface area contributed by atoms with E-state index < -0.39 is 5.91 Å². The zero-order chi connectivity index (χ0) is 24.2. The van der Waals surface area contributed by atoms with Gasteiger partial charge in [-0.3, -0.25) is 4.79 Å². The van der Waals surface area contributed by atoms with Crippen molar-refractivity contribution in [1.29, 1.82) is 0 Å². The van der Waals surface area contributed by atoms with Crippen molar-refractivity contribution in [3.8, 4) is 11.5 Å². The Labute approximate surface area is 210 Å². The molecule has 6 heteroatoms. The van der Waals surface area contributed by atoms with E-state index in [2.05, 4.69) is 50.7 Å². The number of hydrazone groups is 1. The fraction of sp³-hybridized carbons (Fsp3) is 0.0345.